The molecule has 0 bridgehead atoms. The van der Waals surface area contributed by atoms with E-state index in [1.54, 1.807) is 6.92 Å². The van der Waals surface area contributed by atoms with Crippen LogP contribution in [0.2, 0.25) is 5.15 Å². The minimum atomic E-state index is -3.58. The molecule has 0 amide bonds. The second-order valence-corrected chi connectivity index (χ2v) is 6.60. The van der Waals surface area contributed by atoms with Gasteiger partial charge in [-0.2, -0.15) is 11.3 Å². The Morgan fingerprint density at radius 3 is 2.83 bits per heavy atom. The minimum Gasteiger partial charge on any atom is -0.244 e. The van der Waals surface area contributed by atoms with Crippen molar-refractivity contribution in [2.75, 3.05) is 0 Å². The molecule has 2 heterocycles. The van der Waals surface area contributed by atoms with E-state index < -0.39 is 10.0 Å². The number of hydrogen-bond donors (Lipinski definition) is 1. The van der Waals surface area contributed by atoms with Gasteiger partial charge in [0.1, 0.15) is 5.15 Å². The fraction of sp³-hybridized carbons (Fsp3) is 0.182. The monoisotopic (exact) mass is 302 g/mol. The summed E-state index contributed by atoms with van der Waals surface area (Å²) in [5.41, 5.74) is 0.934. The smallest absolute Gasteiger partial charge is 0.241 e. The van der Waals surface area contributed by atoms with Gasteiger partial charge in [-0.25, -0.2) is 18.1 Å². The lowest BCUT2D eigenvalue weighted by atomic mass is 10.2. The van der Waals surface area contributed by atoms with Crippen LogP contribution in [0.3, 0.4) is 0 Å². The van der Waals surface area contributed by atoms with Gasteiger partial charge in [0.2, 0.25) is 10.0 Å². The van der Waals surface area contributed by atoms with Gasteiger partial charge in [-0.3, -0.25) is 0 Å². The Labute approximate surface area is 115 Å². The van der Waals surface area contributed by atoms with Crippen LogP contribution in [0.5, 0.6) is 0 Å². The molecular weight excluding hydrogens is 292 g/mol. The molecule has 2 aromatic heterocycles. The third-order valence-electron chi connectivity index (χ3n) is 2.38. The lowest BCUT2D eigenvalue weighted by Crippen LogP contribution is -2.26. The maximum absolute atomic E-state index is 12.1. The number of thiophene rings is 1. The predicted octanol–water partition coefficient (Wildman–Crippen LogP) is 2.84. The van der Waals surface area contributed by atoms with Crippen LogP contribution in [0.4, 0.5) is 0 Å². The van der Waals surface area contributed by atoms with Crippen LogP contribution >= 0.6 is 22.9 Å². The number of nitrogens with zero attached hydrogens (tertiary/aromatic N) is 1. The minimum absolute atomic E-state index is 0.115. The van der Waals surface area contributed by atoms with E-state index in [1.165, 1.54) is 29.7 Å². The van der Waals surface area contributed by atoms with Crippen LogP contribution < -0.4 is 4.72 Å². The molecule has 2 aromatic rings. The molecule has 4 nitrogen and oxygen atoms in total. The topological polar surface area (TPSA) is 59.1 Å². The summed E-state index contributed by atoms with van der Waals surface area (Å²) in [6.45, 7) is 1.79. The van der Waals surface area contributed by atoms with Gasteiger partial charge < -0.3 is 0 Å². The molecule has 0 spiro atoms. The van der Waals surface area contributed by atoms with Crippen molar-refractivity contribution in [3.63, 3.8) is 0 Å². The van der Waals surface area contributed by atoms with Gasteiger partial charge in [-0.05, 0) is 41.4 Å². The molecule has 0 aliphatic rings. The number of pyridine rings is 1. The molecule has 0 aliphatic carbocycles. The van der Waals surface area contributed by atoms with Crippen molar-refractivity contribution >= 4 is 33.0 Å². The molecule has 0 saturated heterocycles. The maximum Gasteiger partial charge on any atom is 0.241 e. The van der Waals surface area contributed by atoms with Crippen LogP contribution in [0.25, 0.3) is 0 Å². The zero-order chi connectivity index (χ0) is 13.2. The average Bonchev–Trinajstić information content (AvgIpc) is 2.82. The molecule has 0 fully saturated rings. The first-order valence-corrected chi connectivity index (χ1v) is 7.95. The van der Waals surface area contributed by atoms with Gasteiger partial charge in [0.25, 0.3) is 0 Å². The molecule has 0 aromatic carbocycles. The highest BCUT2D eigenvalue weighted by molar-refractivity contribution is 7.89. The van der Waals surface area contributed by atoms with Gasteiger partial charge in [0.15, 0.2) is 0 Å². The highest BCUT2D eigenvalue weighted by Crippen LogP contribution is 2.19. The molecule has 1 unspecified atom stereocenters. The van der Waals surface area contributed by atoms with Crippen LogP contribution in [0.15, 0.2) is 40.1 Å². The number of rotatable bonds is 4. The summed E-state index contributed by atoms with van der Waals surface area (Å²) >= 11 is 7.21. The van der Waals surface area contributed by atoms with E-state index in [-0.39, 0.29) is 16.1 Å². The summed E-state index contributed by atoms with van der Waals surface area (Å²) in [4.78, 5) is 3.87. The fourth-order valence-electron chi connectivity index (χ4n) is 1.44. The highest BCUT2D eigenvalue weighted by atomic mass is 35.5. The maximum atomic E-state index is 12.1. The molecular formula is C11H11ClN2O2S2. The Balaban J connectivity index is 2.22. The van der Waals surface area contributed by atoms with Crippen LogP contribution in [0.1, 0.15) is 18.5 Å². The quantitative estimate of drug-likeness (QED) is 0.884. The van der Waals surface area contributed by atoms with Gasteiger partial charge >= 0.3 is 0 Å². The van der Waals surface area contributed by atoms with Crippen LogP contribution in [0, 0.1) is 0 Å². The zero-order valence-corrected chi connectivity index (χ0v) is 11.9. The third kappa shape index (κ3) is 3.08. The second-order valence-electron chi connectivity index (χ2n) is 3.71. The van der Waals surface area contributed by atoms with Gasteiger partial charge in [-0.1, -0.05) is 11.6 Å². The molecule has 96 valence electrons. The van der Waals surface area contributed by atoms with Gasteiger partial charge in [0.05, 0.1) is 4.90 Å². The van der Waals surface area contributed by atoms with Crippen molar-refractivity contribution in [3.8, 4) is 0 Å². The van der Waals surface area contributed by atoms with Crippen LogP contribution in [-0.2, 0) is 10.0 Å². The van der Waals surface area contributed by atoms with Crippen molar-refractivity contribution in [1.29, 1.82) is 0 Å². The normalized spacial score (nSPS) is 13.4. The largest absolute Gasteiger partial charge is 0.244 e. The van der Waals surface area contributed by atoms with E-state index in [9.17, 15) is 8.42 Å². The van der Waals surface area contributed by atoms with Crippen LogP contribution in [-0.4, -0.2) is 13.4 Å². The fourth-order valence-corrected chi connectivity index (χ4v) is 3.68. The Hall–Kier alpha value is -0.950. The highest BCUT2D eigenvalue weighted by Gasteiger charge is 2.18. The summed E-state index contributed by atoms with van der Waals surface area (Å²) < 4.78 is 26.8. The van der Waals surface area contributed by atoms with E-state index in [1.807, 2.05) is 16.8 Å². The molecule has 0 saturated carbocycles. The van der Waals surface area contributed by atoms with Crippen molar-refractivity contribution in [3.05, 3.63) is 45.9 Å². The van der Waals surface area contributed by atoms with E-state index >= 15 is 0 Å². The lowest BCUT2D eigenvalue weighted by molar-refractivity contribution is 0.567. The number of halogens is 1. The molecule has 18 heavy (non-hydrogen) atoms. The predicted molar refractivity (Wildman–Crippen MR) is 72.3 cm³/mol. The first kappa shape index (κ1) is 13.5. The Morgan fingerprint density at radius 1 is 1.44 bits per heavy atom. The van der Waals surface area contributed by atoms with Gasteiger partial charge in [0, 0.05) is 12.2 Å². The van der Waals surface area contributed by atoms with E-state index in [4.69, 9.17) is 11.6 Å². The second kappa shape index (κ2) is 5.36. The van der Waals surface area contributed by atoms with E-state index in [0.29, 0.717) is 0 Å². The average molecular weight is 303 g/mol. The summed E-state index contributed by atoms with van der Waals surface area (Å²) in [5, 5.41) is 3.97. The molecule has 2 rings (SSSR count). The summed E-state index contributed by atoms with van der Waals surface area (Å²) in [7, 11) is -3.58. The number of aromatic nitrogens is 1. The van der Waals surface area contributed by atoms with Crippen molar-refractivity contribution in [2.24, 2.45) is 0 Å². The third-order valence-corrected chi connectivity index (χ3v) is 4.83. The number of nitrogens with one attached hydrogen (secondary N) is 1. The number of hydrogen-bond acceptors (Lipinski definition) is 4. The van der Waals surface area contributed by atoms with E-state index in [2.05, 4.69) is 9.71 Å². The molecule has 7 heteroatoms. The first-order chi connectivity index (χ1) is 8.49. The summed E-state index contributed by atoms with van der Waals surface area (Å²) in [5.74, 6) is 0. The molecule has 1 atom stereocenters. The summed E-state index contributed by atoms with van der Waals surface area (Å²) in [6.07, 6.45) is 1.37. The van der Waals surface area contributed by atoms with Crippen molar-refractivity contribution < 1.29 is 8.42 Å². The Bertz CT molecular complexity index is 626. The van der Waals surface area contributed by atoms with Gasteiger partial charge in [-0.15, -0.1) is 0 Å². The standard InChI is InChI=1S/C11H11ClN2O2S2/c1-8(9-3-5-17-7-9)14-18(15,16)10-2-4-13-11(12)6-10/h2-8,14H,1H3. The summed E-state index contributed by atoms with van der Waals surface area (Å²) in [6, 6.07) is 4.34. The first-order valence-electron chi connectivity index (χ1n) is 5.15. The molecule has 1 N–H and O–H groups in total. The van der Waals surface area contributed by atoms with Crippen molar-refractivity contribution in [1.82, 2.24) is 9.71 Å². The Morgan fingerprint density at radius 2 is 2.22 bits per heavy atom. The SMILES string of the molecule is CC(NS(=O)(=O)c1ccnc(Cl)c1)c1ccsc1. The lowest BCUT2D eigenvalue weighted by Gasteiger charge is -2.13. The Kier molecular flexibility index (Phi) is 4.01. The molecule has 0 aliphatic heterocycles. The van der Waals surface area contributed by atoms with E-state index in [0.717, 1.165) is 5.56 Å². The zero-order valence-electron chi connectivity index (χ0n) is 9.50. The number of sulfonamides is 1. The van der Waals surface area contributed by atoms with Crippen molar-refractivity contribution in [2.45, 2.75) is 17.9 Å². The molecule has 0 radical (unpaired) electrons.